The van der Waals surface area contributed by atoms with Gasteiger partial charge in [0, 0.05) is 13.1 Å². The topological polar surface area (TPSA) is 69.6 Å². The molecule has 1 rings (SSSR count). The van der Waals surface area contributed by atoms with Crippen LogP contribution in [0.1, 0.15) is 29.8 Å². The Balaban J connectivity index is 3.04. The molecular weight excluding hydrogens is 244 g/mol. The number of nitrogens with one attached hydrogen (secondary N) is 1. The van der Waals surface area contributed by atoms with Crippen LogP contribution in [0.3, 0.4) is 0 Å². The third kappa shape index (κ3) is 3.98. The van der Waals surface area contributed by atoms with Gasteiger partial charge in [0.25, 0.3) is 0 Å². The van der Waals surface area contributed by atoms with E-state index >= 15 is 0 Å². The van der Waals surface area contributed by atoms with E-state index in [9.17, 15) is 14.7 Å². The van der Waals surface area contributed by atoms with E-state index in [2.05, 4.69) is 5.32 Å². The van der Waals surface area contributed by atoms with Gasteiger partial charge in [-0.3, -0.25) is 4.79 Å². The molecule has 5 heteroatoms. The van der Waals surface area contributed by atoms with E-state index in [1.165, 1.54) is 0 Å². The number of hydrogen-bond acceptors (Lipinski definition) is 3. The molecular formula is C14H20N2O3. The largest absolute Gasteiger partial charge is 0.478 e. The summed E-state index contributed by atoms with van der Waals surface area (Å²) in [6.07, 6.45) is 0. The van der Waals surface area contributed by atoms with Gasteiger partial charge in [-0.1, -0.05) is 11.6 Å². The smallest absolute Gasteiger partial charge is 0.337 e. The van der Waals surface area contributed by atoms with Gasteiger partial charge in [-0.15, -0.1) is 0 Å². The first-order chi connectivity index (χ1) is 8.99. The van der Waals surface area contributed by atoms with Crippen LogP contribution in [-0.4, -0.2) is 36.6 Å². The molecule has 0 aliphatic heterocycles. The van der Waals surface area contributed by atoms with Crippen LogP contribution >= 0.6 is 0 Å². The van der Waals surface area contributed by atoms with Crippen molar-refractivity contribution in [3.05, 3.63) is 29.3 Å². The van der Waals surface area contributed by atoms with Gasteiger partial charge >= 0.3 is 5.97 Å². The molecule has 19 heavy (non-hydrogen) atoms. The van der Waals surface area contributed by atoms with Crippen molar-refractivity contribution in [1.29, 1.82) is 0 Å². The number of carboxylic acids is 1. The molecule has 0 atom stereocenters. The maximum atomic E-state index is 11.6. The van der Waals surface area contributed by atoms with Crippen molar-refractivity contribution in [3.8, 4) is 0 Å². The zero-order valence-corrected chi connectivity index (χ0v) is 11.6. The first-order valence-electron chi connectivity index (χ1n) is 6.35. The summed E-state index contributed by atoms with van der Waals surface area (Å²) >= 11 is 0. The lowest BCUT2D eigenvalue weighted by Gasteiger charge is -2.24. The molecule has 1 amide bonds. The second-order valence-corrected chi connectivity index (χ2v) is 4.29. The highest BCUT2D eigenvalue weighted by molar-refractivity contribution is 5.95. The van der Waals surface area contributed by atoms with E-state index in [4.69, 9.17) is 0 Å². The van der Waals surface area contributed by atoms with Crippen LogP contribution < -0.4 is 10.2 Å². The minimum absolute atomic E-state index is 0.110. The van der Waals surface area contributed by atoms with Crippen LogP contribution in [0, 0.1) is 6.92 Å². The summed E-state index contributed by atoms with van der Waals surface area (Å²) in [7, 11) is 0. The second kappa shape index (κ2) is 6.78. The number of rotatable bonds is 6. The molecule has 0 bridgehead atoms. The molecule has 0 radical (unpaired) electrons. The Labute approximate surface area is 113 Å². The molecule has 0 saturated carbocycles. The Morgan fingerprint density at radius 2 is 2.00 bits per heavy atom. The van der Waals surface area contributed by atoms with Crippen molar-refractivity contribution < 1.29 is 14.7 Å². The monoisotopic (exact) mass is 264 g/mol. The number of hydrogen-bond donors (Lipinski definition) is 2. The van der Waals surface area contributed by atoms with Crippen LogP contribution in [0.2, 0.25) is 0 Å². The number of amides is 1. The van der Waals surface area contributed by atoms with Crippen molar-refractivity contribution in [1.82, 2.24) is 5.32 Å². The summed E-state index contributed by atoms with van der Waals surface area (Å²) in [6, 6.07) is 5.22. The summed E-state index contributed by atoms with van der Waals surface area (Å²) in [5.41, 5.74) is 1.69. The van der Waals surface area contributed by atoms with E-state index in [1.54, 1.807) is 17.0 Å². The quantitative estimate of drug-likeness (QED) is 0.819. The Morgan fingerprint density at radius 3 is 2.53 bits per heavy atom. The number of likely N-dealkylation sites (N-methyl/N-ethyl adjacent to an activating group) is 2. The number of nitrogens with zero attached hydrogens (tertiary/aromatic N) is 1. The van der Waals surface area contributed by atoms with E-state index in [0.717, 1.165) is 5.56 Å². The first-order valence-corrected chi connectivity index (χ1v) is 6.35. The SMILES string of the molecule is CCNC(=O)CN(CC)c1ccc(C)cc1C(=O)O. The van der Waals surface area contributed by atoms with Crippen LogP contribution in [0.5, 0.6) is 0 Å². The fourth-order valence-electron chi connectivity index (χ4n) is 1.89. The Kier molecular flexibility index (Phi) is 5.36. The Hall–Kier alpha value is -2.04. The standard InChI is InChI=1S/C14H20N2O3/c1-4-15-13(17)9-16(5-2)12-7-6-10(3)8-11(12)14(18)19/h6-8H,4-5,9H2,1-3H3,(H,15,17)(H,18,19). The van der Waals surface area contributed by atoms with E-state index < -0.39 is 5.97 Å². The fourth-order valence-corrected chi connectivity index (χ4v) is 1.89. The third-order valence-electron chi connectivity index (χ3n) is 2.81. The van der Waals surface area contributed by atoms with Crippen molar-refractivity contribution in [2.75, 3.05) is 24.5 Å². The summed E-state index contributed by atoms with van der Waals surface area (Å²) in [5.74, 6) is -1.09. The molecule has 5 nitrogen and oxygen atoms in total. The summed E-state index contributed by atoms with van der Waals surface area (Å²) in [6.45, 7) is 6.88. The average molecular weight is 264 g/mol. The average Bonchev–Trinajstić information content (AvgIpc) is 2.36. The number of carbonyl (C=O) groups is 2. The van der Waals surface area contributed by atoms with Crippen LogP contribution in [0.4, 0.5) is 5.69 Å². The van der Waals surface area contributed by atoms with Crippen molar-refractivity contribution in [2.45, 2.75) is 20.8 Å². The van der Waals surface area contributed by atoms with Gasteiger partial charge in [-0.2, -0.15) is 0 Å². The zero-order valence-electron chi connectivity index (χ0n) is 11.6. The number of carbonyl (C=O) groups excluding carboxylic acids is 1. The van der Waals surface area contributed by atoms with E-state index in [0.29, 0.717) is 18.8 Å². The minimum Gasteiger partial charge on any atom is -0.478 e. The van der Waals surface area contributed by atoms with E-state index in [-0.39, 0.29) is 18.0 Å². The van der Waals surface area contributed by atoms with E-state index in [1.807, 2.05) is 26.8 Å². The highest BCUT2D eigenvalue weighted by atomic mass is 16.4. The lowest BCUT2D eigenvalue weighted by Crippen LogP contribution is -2.37. The molecule has 0 fully saturated rings. The van der Waals surface area contributed by atoms with Crippen molar-refractivity contribution in [2.24, 2.45) is 0 Å². The Morgan fingerprint density at radius 1 is 1.32 bits per heavy atom. The number of aryl methyl sites for hydroxylation is 1. The van der Waals surface area contributed by atoms with Gasteiger partial charge < -0.3 is 15.3 Å². The van der Waals surface area contributed by atoms with Gasteiger partial charge in [0.1, 0.15) is 0 Å². The molecule has 0 unspecified atom stereocenters. The van der Waals surface area contributed by atoms with Crippen molar-refractivity contribution >= 4 is 17.6 Å². The maximum Gasteiger partial charge on any atom is 0.337 e. The number of carboxylic acid groups (broad SMARTS) is 1. The lowest BCUT2D eigenvalue weighted by molar-refractivity contribution is -0.119. The van der Waals surface area contributed by atoms with Crippen LogP contribution in [0.25, 0.3) is 0 Å². The molecule has 0 aliphatic carbocycles. The minimum atomic E-state index is -0.979. The molecule has 1 aromatic carbocycles. The zero-order chi connectivity index (χ0) is 14.4. The summed E-state index contributed by atoms with van der Waals surface area (Å²) in [5, 5.41) is 12.0. The molecule has 0 spiro atoms. The number of benzene rings is 1. The fraction of sp³-hybridized carbons (Fsp3) is 0.429. The van der Waals surface area contributed by atoms with Gasteiger partial charge in [-0.05, 0) is 32.9 Å². The second-order valence-electron chi connectivity index (χ2n) is 4.29. The predicted molar refractivity (Wildman–Crippen MR) is 74.7 cm³/mol. The molecule has 1 aromatic rings. The van der Waals surface area contributed by atoms with Gasteiger partial charge in [0.2, 0.25) is 5.91 Å². The van der Waals surface area contributed by atoms with Gasteiger partial charge in [0.05, 0.1) is 17.8 Å². The third-order valence-corrected chi connectivity index (χ3v) is 2.81. The number of anilines is 1. The molecule has 104 valence electrons. The predicted octanol–water partition coefficient (Wildman–Crippen LogP) is 1.66. The Bertz CT molecular complexity index is 472. The normalized spacial score (nSPS) is 10.1. The number of aromatic carboxylic acids is 1. The van der Waals surface area contributed by atoms with Crippen LogP contribution in [0.15, 0.2) is 18.2 Å². The molecule has 0 saturated heterocycles. The van der Waals surface area contributed by atoms with Gasteiger partial charge in [-0.25, -0.2) is 4.79 Å². The first kappa shape index (κ1) is 15.0. The highest BCUT2D eigenvalue weighted by Gasteiger charge is 2.17. The molecule has 0 aromatic heterocycles. The molecule has 0 aliphatic rings. The molecule has 2 N–H and O–H groups in total. The molecule has 0 heterocycles. The highest BCUT2D eigenvalue weighted by Crippen LogP contribution is 2.21. The summed E-state index contributed by atoms with van der Waals surface area (Å²) < 4.78 is 0. The van der Waals surface area contributed by atoms with Crippen molar-refractivity contribution in [3.63, 3.8) is 0 Å². The van der Waals surface area contributed by atoms with Crippen LogP contribution in [-0.2, 0) is 4.79 Å². The lowest BCUT2D eigenvalue weighted by atomic mass is 10.1. The van der Waals surface area contributed by atoms with Gasteiger partial charge in [0.15, 0.2) is 0 Å². The summed E-state index contributed by atoms with van der Waals surface area (Å²) in [4.78, 5) is 24.7. The maximum absolute atomic E-state index is 11.6.